The molecule has 0 saturated heterocycles. The van der Waals surface area contributed by atoms with Crippen molar-refractivity contribution in [1.29, 1.82) is 0 Å². The molecule has 18 heavy (non-hydrogen) atoms. The predicted octanol–water partition coefficient (Wildman–Crippen LogP) is 1.92. The number of pyridine rings is 1. The zero-order valence-electron chi connectivity index (χ0n) is 11.0. The molecule has 1 heterocycles. The number of carboxylic acid groups (broad SMARTS) is 1. The Morgan fingerprint density at radius 3 is 2.78 bits per heavy atom. The number of aromatic carboxylic acids is 1. The molecule has 0 atom stereocenters. The Balaban J connectivity index is 2.42. The molecular formula is C13H21N3O2. The minimum absolute atomic E-state index is 0.0836. The van der Waals surface area contributed by atoms with Gasteiger partial charge in [-0.2, -0.15) is 0 Å². The molecule has 0 spiro atoms. The highest BCUT2D eigenvalue weighted by Gasteiger charge is 2.10. The summed E-state index contributed by atoms with van der Waals surface area (Å²) in [6.07, 6.45) is 2.47. The SMILES string of the molecule is CCN(CC)CCCNc1cccnc1C(=O)O. The summed E-state index contributed by atoms with van der Waals surface area (Å²) in [5.41, 5.74) is 0.671. The molecule has 100 valence electrons. The van der Waals surface area contributed by atoms with Gasteiger partial charge in [0, 0.05) is 12.7 Å². The van der Waals surface area contributed by atoms with Crippen molar-refractivity contribution in [1.82, 2.24) is 9.88 Å². The summed E-state index contributed by atoms with van der Waals surface area (Å²) in [4.78, 5) is 17.1. The number of hydrogen-bond acceptors (Lipinski definition) is 4. The highest BCUT2D eigenvalue weighted by molar-refractivity contribution is 5.91. The van der Waals surface area contributed by atoms with E-state index in [2.05, 4.69) is 29.0 Å². The van der Waals surface area contributed by atoms with Crippen LogP contribution in [0, 0.1) is 0 Å². The number of carboxylic acids is 1. The molecule has 0 unspecified atom stereocenters. The van der Waals surface area contributed by atoms with Crippen LogP contribution in [0.1, 0.15) is 30.8 Å². The molecule has 2 N–H and O–H groups in total. The highest BCUT2D eigenvalue weighted by atomic mass is 16.4. The third-order valence-electron chi connectivity index (χ3n) is 2.87. The Kier molecular flexibility index (Phi) is 6.14. The second-order valence-corrected chi connectivity index (χ2v) is 4.01. The molecule has 0 fully saturated rings. The van der Waals surface area contributed by atoms with E-state index in [1.54, 1.807) is 12.1 Å². The molecule has 0 saturated carbocycles. The molecule has 0 bridgehead atoms. The van der Waals surface area contributed by atoms with Crippen molar-refractivity contribution in [3.8, 4) is 0 Å². The Morgan fingerprint density at radius 2 is 2.17 bits per heavy atom. The van der Waals surface area contributed by atoms with E-state index in [0.717, 1.165) is 32.6 Å². The molecule has 1 aromatic heterocycles. The predicted molar refractivity (Wildman–Crippen MR) is 72.1 cm³/mol. The topological polar surface area (TPSA) is 65.5 Å². The number of carbonyl (C=O) groups is 1. The summed E-state index contributed by atoms with van der Waals surface area (Å²) >= 11 is 0. The van der Waals surface area contributed by atoms with Crippen LogP contribution in [0.15, 0.2) is 18.3 Å². The van der Waals surface area contributed by atoms with E-state index in [1.165, 1.54) is 6.20 Å². The van der Waals surface area contributed by atoms with Gasteiger partial charge in [-0.3, -0.25) is 0 Å². The first-order chi connectivity index (χ1) is 8.69. The normalized spacial score (nSPS) is 10.6. The highest BCUT2D eigenvalue weighted by Crippen LogP contribution is 2.11. The first-order valence-electron chi connectivity index (χ1n) is 6.33. The summed E-state index contributed by atoms with van der Waals surface area (Å²) in [5.74, 6) is -0.998. The summed E-state index contributed by atoms with van der Waals surface area (Å²) in [6.45, 7) is 8.14. The van der Waals surface area contributed by atoms with Crippen molar-refractivity contribution in [2.24, 2.45) is 0 Å². The Morgan fingerprint density at radius 1 is 1.44 bits per heavy atom. The average molecular weight is 251 g/mol. The van der Waals surface area contributed by atoms with Crippen LogP contribution < -0.4 is 5.32 Å². The van der Waals surface area contributed by atoms with Crippen molar-refractivity contribution < 1.29 is 9.90 Å². The fourth-order valence-corrected chi connectivity index (χ4v) is 1.78. The minimum atomic E-state index is -0.998. The zero-order valence-corrected chi connectivity index (χ0v) is 11.0. The zero-order chi connectivity index (χ0) is 13.4. The van der Waals surface area contributed by atoms with Gasteiger partial charge in [0.15, 0.2) is 5.69 Å². The summed E-state index contributed by atoms with van der Waals surface area (Å²) < 4.78 is 0. The van der Waals surface area contributed by atoms with Gasteiger partial charge in [-0.25, -0.2) is 9.78 Å². The number of nitrogens with zero attached hydrogens (tertiary/aromatic N) is 2. The van der Waals surface area contributed by atoms with Gasteiger partial charge in [-0.15, -0.1) is 0 Å². The lowest BCUT2D eigenvalue weighted by Crippen LogP contribution is -2.25. The number of nitrogens with one attached hydrogen (secondary N) is 1. The molecule has 0 radical (unpaired) electrons. The standard InChI is InChI=1S/C13H21N3O2/c1-3-16(4-2)10-6-9-14-11-7-5-8-15-12(11)13(17)18/h5,7-8,14H,3-4,6,9-10H2,1-2H3,(H,17,18). The van der Waals surface area contributed by atoms with Gasteiger partial charge in [0.1, 0.15) is 0 Å². The maximum atomic E-state index is 10.9. The molecule has 0 amide bonds. The number of hydrogen-bond donors (Lipinski definition) is 2. The van der Waals surface area contributed by atoms with E-state index < -0.39 is 5.97 Å². The molecule has 0 aliphatic heterocycles. The molecule has 0 aliphatic carbocycles. The van der Waals surface area contributed by atoms with E-state index in [0.29, 0.717) is 5.69 Å². The maximum absolute atomic E-state index is 10.9. The lowest BCUT2D eigenvalue weighted by Gasteiger charge is -2.18. The van der Waals surface area contributed by atoms with Crippen LogP contribution in [-0.4, -0.2) is 47.1 Å². The summed E-state index contributed by atoms with van der Waals surface area (Å²) in [5, 5.41) is 12.1. The van der Waals surface area contributed by atoms with E-state index >= 15 is 0 Å². The molecule has 1 rings (SSSR count). The van der Waals surface area contributed by atoms with Crippen molar-refractivity contribution in [3.63, 3.8) is 0 Å². The van der Waals surface area contributed by atoms with Gasteiger partial charge in [0.25, 0.3) is 0 Å². The molecule has 5 heteroatoms. The van der Waals surface area contributed by atoms with E-state index in [4.69, 9.17) is 5.11 Å². The second-order valence-electron chi connectivity index (χ2n) is 4.01. The van der Waals surface area contributed by atoms with Crippen LogP contribution in [0.3, 0.4) is 0 Å². The average Bonchev–Trinajstić information content (AvgIpc) is 2.39. The fraction of sp³-hybridized carbons (Fsp3) is 0.538. The largest absolute Gasteiger partial charge is 0.476 e. The third-order valence-corrected chi connectivity index (χ3v) is 2.87. The third kappa shape index (κ3) is 4.33. The fourth-order valence-electron chi connectivity index (χ4n) is 1.78. The van der Waals surface area contributed by atoms with Gasteiger partial charge < -0.3 is 15.3 Å². The Bertz CT molecular complexity index is 378. The van der Waals surface area contributed by atoms with Gasteiger partial charge >= 0.3 is 5.97 Å². The molecule has 0 aromatic carbocycles. The lowest BCUT2D eigenvalue weighted by atomic mass is 10.3. The van der Waals surface area contributed by atoms with Crippen molar-refractivity contribution in [2.75, 3.05) is 31.5 Å². The summed E-state index contributed by atoms with van der Waals surface area (Å²) in [7, 11) is 0. The van der Waals surface area contributed by atoms with Gasteiger partial charge in [-0.1, -0.05) is 13.8 Å². The van der Waals surface area contributed by atoms with Gasteiger partial charge in [0.2, 0.25) is 0 Å². The molecular weight excluding hydrogens is 230 g/mol. The maximum Gasteiger partial charge on any atom is 0.356 e. The Labute approximate surface area is 108 Å². The lowest BCUT2D eigenvalue weighted by molar-refractivity contribution is 0.0691. The minimum Gasteiger partial charge on any atom is -0.476 e. The Hall–Kier alpha value is -1.62. The van der Waals surface area contributed by atoms with E-state index in [-0.39, 0.29) is 5.69 Å². The molecule has 0 aliphatic rings. The van der Waals surface area contributed by atoms with Crippen LogP contribution in [0.25, 0.3) is 0 Å². The van der Waals surface area contributed by atoms with Crippen LogP contribution in [-0.2, 0) is 0 Å². The van der Waals surface area contributed by atoms with Crippen molar-refractivity contribution >= 4 is 11.7 Å². The van der Waals surface area contributed by atoms with Crippen LogP contribution in [0.5, 0.6) is 0 Å². The van der Waals surface area contributed by atoms with Gasteiger partial charge in [-0.05, 0) is 38.2 Å². The van der Waals surface area contributed by atoms with Crippen LogP contribution >= 0.6 is 0 Å². The molecule has 5 nitrogen and oxygen atoms in total. The van der Waals surface area contributed by atoms with Gasteiger partial charge in [0.05, 0.1) is 5.69 Å². The quantitative estimate of drug-likeness (QED) is 0.691. The van der Waals surface area contributed by atoms with Crippen molar-refractivity contribution in [2.45, 2.75) is 20.3 Å². The number of anilines is 1. The molecule has 1 aromatic rings. The number of rotatable bonds is 8. The number of aromatic nitrogens is 1. The monoisotopic (exact) mass is 251 g/mol. The van der Waals surface area contributed by atoms with E-state index in [1.807, 2.05) is 0 Å². The second kappa shape index (κ2) is 7.66. The van der Waals surface area contributed by atoms with Crippen LogP contribution in [0.2, 0.25) is 0 Å². The van der Waals surface area contributed by atoms with Crippen LogP contribution in [0.4, 0.5) is 5.69 Å². The first kappa shape index (κ1) is 14.4. The smallest absolute Gasteiger partial charge is 0.356 e. The summed E-state index contributed by atoms with van der Waals surface area (Å²) in [6, 6.07) is 3.48. The van der Waals surface area contributed by atoms with Crippen molar-refractivity contribution in [3.05, 3.63) is 24.0 Å². The first-order valence-corrected chi connectivity index (χ1v) is 6.33. The van der Waals surface area contributed by atoms with E-state index in [9.17, 15) is 4.79 Å².